The molecule has 0 saturated carbocycles. The summed E-state index contributed by atoms with van der Waals surface area (Å²) in [6.07, 6.45) is 0. The van der Waals surface area contributed by atoms with Crippen LogP contribution in [-0.4, -0.2) is 26.9 Å². The molecule has 0 atom stereocenters. The molecule has 0 saturated heterocycles. The first kappa shape index (κ1) is 10.3. The lowest BCUT2D eigenvalue weighted by atomic mass is 10.1. The molecule has 16 heavy (non-hydrogen) atoms. The summed E-state index contributed by atoms with van der Waals surface area (Å²) in [7, 11) is 3.57. The number of hydrogen-bond donors (Lipinski definition) is 3. The molecule has 0 aliphatic rings. The quantitative estimate of drug-likeness (QED) is 0.514. The number of nitrogen functional groups attached to an aromatic ring is 1. The number of aromatic hydroxyl groups is 1. The Balaban J connectivity index is 2.59. The molecule has 1 aromatic heterocycles. The third-order valence-corrected chi connectivity index (χ3v) is 2.41. The van der Waals surface area contributed by atoms with Crippen LogP contribution in [0.15, 0.2) is 18.2 Å². The number of nitrogens with two attached hydrogens (primary N) is 1. The fourth-order valence-corrected chi connectivity index (χ4v) is 1.52. The van der Waals surface area contributed by atoms with Crippen molar-refractivity contribution in [1.29, 1.82) is 0 Å². The van der Waals surface area contributed by atoms with Crippen LogP contribution in [0.1, 0.15) is 0 Å². The Labute approximate surface area is 92.7 Å². The van der Waals surface area contributed by atoms with Crippen LogP contribution in [0.4, 0.5) is 11.6 Å². The normalized spacial score (nSPS) is 10.4. The molecule has 0 unspecified atom stereocenters. The molecule has 0 bridgehead atoms. The topological polar surface area (TPSA) is 89.0 Å². The van der Waals surface area contributed by atoms with Crippen molar-refractivity contribution in [3.8, 4) is 17.1 Å². The molecule has 6 heteroatoms. The first-order valence-corrected chi connectivity index (χ1v) is 4.80. The van der Waals surface area contributed by atoms with E-state index in [1.807, 2.05) is 7.05 Å². The summed E-state index contributed by atoms with van der Waals surface area (Å²) in [5.74, 6) is 1.21. The minimum absolute atomic E-state index is 0.0284. The van der Waals surface area contributed by atoms with Crippen LogP contribution in [0.2, 0.25) is 0 Å². The summed E-state index contributed by atoms with van der Waals surface area (Å²) in [5.41, 5.74) is 6.52. The lowest BCUT2D eigenvalue weighted by molar-refractivity contribution is 0.479. The van der Waals surface area contributed by atoms with Gasteiger partial charge in [-0.15, -0.1) is 10.2 Å². The highest BCUT2D eigenvalue weighted by Crippen LogP contribution is 2.32. The third kappa shape index (κ3) is 1.44. The molecule has 2 rings (SSSR count). The molecule has 0 aliphatic heterocycles. The molecule has 6 nitrogen and oxygen atoms in total. The van der Waals surface area contributed by atoms with Crippen molar-refractivity contribution in [2.24, 2.45) is 7.05 Å². The number of nitrogens with one attached hydrogen (secondary N) is 1. The highest BCUT2D eigenvalue weighted by atomic mass is 16.3. The van der Waals surface area contributed by atoms with Crippen LogP contribution in [-0.2, 0) is 7.05 Å². The number of benzene rings is 1. The first-order chi connectivity index (χ1) is 7.65. The Morgan fingerprint density at radius 1 is 1.38 bits per heavy atom. The van der Waals surface area contributed by atoms with E-state index in [1.165, 1.54) is 0 Å². The van der Waals surface area contributed by atoms with Gasteiger partial charge in [-0.05, 0) is 12.1 Å². The van der Waals surface area contributed by atoms with Crippen molar-refractivity contribution in [2.45, 2.75) is 0 Å². The maximum Gasteiger partial charge on any atom is 0.224 e. The second-order valence-electron chi connectivity index (χ2n) is 3.40. The summed E-state index contributed by atoms with van der Waals surface area (Å²) >= 11 is 0. The number of phenolic OH excluding ortho intramolecular Hbond substituents is 1. The molecule has 1 heterocycles. The second-order valence-corrected chi connectivity index (χ2v) is 3.40. The number of hydrogen-bond acceptors (Lipinski definition) is 5. The molecule has 1 aromatic carbocycles. The second kappa shape index (κ2) is 3.73. The number of phenols is 1. The summed E-state index contributed by atoms with van der Waals surface area (Å²) in [6.45, 7) is 0. The fraction of sp³-hybridized carbons (Fsp3) is 0.200. The number of aromatic nitrogens is 3. The van der Waals surface area contributed by atoms with Crippen LogP contribution in [0.3, 0.4) is 0 Å². The summed E-state index contributed by atoms with van der Waals surface area (Å²) in [4.78, 5) is 0. The largest absolute Gasteiger partial charge is 0.505 e. The maximum atomic E-state index is 9.83. The molecule has 2 aromatic rings. The van der Waals surface area contributed by atoms with E-state index in [0.717, 1.165) is 0 Å². The van der Waals surface area contributed by atoms with Crippen molar-refractivity contribution in [1.82, 2.24) is 14.8 Å². The highest BCUT2D eigenvalue weighted by molar-refractivity contribution is 5.73. The molecule has 0 radical (unpaired) electrons. The molecule has 0 spiro atoms. The van der Waals surface area contributed by atoms with Crippen LogP contribution < -0.4 is 11.1 Å². The lowest BCUT2D eigenvalue weighted by Gasteiger charge is -2.06. The third-order valence-electron chi connectivity index (χ3n) is 2.41. The van der Waals surface area contributed by atoms with Crippen molar-refractivity contribution < 1.29 is 5.11 Å². The van der Waals surface area contributed by atoms with E-state index < -0.39 is 0 Å². The zero-order valence-corrected chi connectivity index (χ0v) is 9.10. The van der Waals surface area contributed by atoms with Crippen molar-refractivity contribution >= 4 is 11.6 Å². The predicted octanol–water partition coefficient (Wildman–Crippen LogP) is 0.812. The smallest absolute Gasteiger partial charge is 0.224 e. The molecule has 0 amide bonds. The molecule has 84 valence electrons. The molecule has 0 aliphatic carbocycles. The maximum absolute atomic E-state index is 9.83. The Morgan fingerprint density at radius 2 is 2.12 bits per heavy atom. The van der Waals surface area contributed by atoms with Gasteiger partial charge in [0.05, 0.1) is 11.3 Å². The van der Waals surface area contributed by atoms with E-state index in [2.05, 4.69) is 15.5 Å². The van der Waals surface area contributed by atoms with Crippen LogP contribution in [0, 0.1) is 0 Å². The number of para-hydroxylation sites is 1. The standard InChI is InChI=1S/C10H13N5O/c1-12-10-14-13-9(15(10)2)6-4-3-5-7(11)8(6)16/h3-5,16H,11H2,1-2H3,(H,12,14). The van der Waals surface area contributed by atoms with Gasteiger partial charge in [0.25, 0.3) is 0 Å². The van der Waals surface area contributed by atoms with Gasteiger partial charge >= 0.3 is 0 Å². The number of anilines is 2. The van der Waals surface area contributed by atoms with E-state index in [-0.39, 0.29) is 5.75 Å². The Morgan fingerprint density at radius 3 is 2.75 bits per heavy atom. The molecule has 0 fully saturated rings. The summed E-state index contributed by atoms with van der Waals surface area (Å²) in [6, 6.07) is 5.14. The fourth-order valence-electron chi connectivity index (χ4n) is 1.52. The van der Waals surface area contributed by atoms with Gasteiger partial charge in [-0.3, -0.25) is 4.57 Å². The lowest BCUT2D eigenvalue weighted by Crippen LogP contribution is -2.00. The van der Waals surface area contributed by atoms with Crippen LogP contribution >= 0.6 is 0 Å². The first-order valence-electron chi connectivity index (χ1n) is 4.80. The molecular formula is C10H13N5O. The van der Waals surface area contributed by atoms with Crippen LogP contribution in [0.5, 0.6) is 5.75 Å². The minimum atomic E-state index is 0.0284. The predicted molar refractivity (Wildman–Crippen MR) is 62.1 cm³/mol. The van der Waals surface area contributed by atoms with Crippen molar-refractivity contribution in [3.05, 3.63) is 18.2 Å². The molecular weight excluding hydrogens is 206 g/mol. The highest BCUT2D eigenvalue weighted by Gasteiger charge is 2.14. The Hall–Kier alpha value is -2.24. The van der Waals surface area contributed by atoms with Gasteiger partial charge in [0.1, 0.15) is 5.75 Å². The van der Waals surface area contributed by atoms with Gasteiger partial charge in [-0.1, -0.05) is 6.07 Å². The SMILES string of the molecule is CNc1nnc(-c2cccc(N)c2O)n1C. The molecule has 4 N–H and O–H groups in total. The van der Waals surface area contributed by atoms with Gasteiger partial charge in [-0.2, -0.15) is 0 Å². The van der Waals surface area contributed by atoms with Crippen molar-refractivity contribution in [3.63, 3.8) is 0 Å². The van der Waals surface area contributed by atoms with E-state index in [1.54, 1.807) is 29.8 Å². The van der Waals surface area contributed by atoms with Gasteiger partial charge in [0.2, 0.25) is 5.95 Å². The zero-order chi connectivity index (χ0) is 11.7. The van der Waals surface area contributed by atoms with Crippen LogP contribution in [0.25, 0.3) is 11.4 Å². The van der Waals surface area contributed by atoms with Gasteiger partial charge in [0.15, 0.2) is 5.82 Å². The minimum Gasteiger partial charge on any atom is -0.505 e. The summed E-state index contributed by atoms with van der Waals surface area (Å²) in [5, 5.41) is 20.7. The van der Waals surface area contributed by atoms with E-state index in [9.17, 15) is 5.11 Å². The average molecular weight is 219 g/mol. The average Bonchev–Trinajstić information content (AvgIpc) is 2.64. The van der Waals surface area contributed by atoms with Gasteiger partial charge in [0, 0.05) is 14.1 Å². The van der Waals surface area contributed by atoms with E-state index in [4.69, 9.17) is 5.73 Å². The van der Waals surface area contributed by atoms with E-state index in [0.29, 0.717) is 23.0 Å². The van der Waals surface area contributed by atoms with Crippen molar-refractivity contribution in [2.75, 3.05) is 18.1 Å². The number of rotatable bonds is 2. The summed E-state index contributed by atoms with van der Waals surface area (Å²) < 4.78 is 1.74. The van der Waals surface area contributed by atoms with E-state index >= 15 is 0 Å². The Bertz CT molecular complexity index is 520. The van der Waals surface area contributed by atoms with Gasteiger partial charge < -0.3 is 16.2 Å². The Kier molecular flexibility index (Phi) is 2.40. The monoisotopic (exact) mass is 219 g/mol. The van der Waals surface area contributed by atoms with Gasteiger partial charge in [-0.25, -0.2) is 0 Å². The number of nitrogens with zero attached hydrogens (tertiary/aromatic N) is 3. The zero-order valence-electron chi connectivity index (χ0n) is 9.10.